The first-order chi connectivity index (χ1) is 68.6. The van der Waals surface area contributed by atoms with Crippen LogP contribution in [0, 0.1) is 73.5 Å². The third-order valence-electron chi connectivity index (χ3n) is 23.7. The van der Waals surface area contributed by atoms with E-state index in [1.165, 1.54) is 114 Å². The van der Waals surface area contributed by atoms with E-state index in [2.05, 4.69) is 340 Å². The minimum Gasteiger partial charge on any atom is -0.670 e. The van der Waals surface area contributed by atoms with Crippen molar-refractivity contribution in [1.82, 2.24) is 4.98 Å². The number of phenolic OH excluding ortho intramolecular Hbond substituents is 3. The van der Waals surface area contributed by atoms with Crippen LogP contribution in [0.15, 0.2) is 408 Å². The molecule has 0 saturated heterocycles. The molecule has 0 fully saturated rings. The Kier molecular flexibility index (Phi) is 43.4. The number of nitrogens with zero attached hydrogens (tertiary/aromatic N) is 4. The molecule has 0 amide bonds. The summed E-state index contributed by atoms with van der Waals surface area (Å²) >= 11 is 17.5. The van der Waals surface area contributed by atoms with Gasteiger partial charge in [-0.2, -0.15) is 46.8 Å². The van der Waals surface area contributed by atoms with Gasteiger partial charge in [-0.15, -0.1) is 0 Å². The summed E-state index contributed by atoms with van der Waals surface area (Å²) in [4.78, 5) is 3.72. The number of aryl methyl sites for hydroxylation is 9. The van der Waals surface area contributed by atoms with Gasteiger partial charge < -0.3 is 20.3 Å². The number of benzene rings is 15. The summed E-state index contributed by atoms with van der Waals surface area (Å²) in [6.07, 6.45) is 8.16. The zero-order valence-electron chi connectivity index (χ0n) is 84.3. The van der Waals surface area contributed by atoms with Gasteiger partial charge in [-0.3, -0.25) is 0 Å². The average Bonchev–Trinajstić information content (AvgIpc) is 0.902. The van der Waals surface area contributed by atoms with Crippen molar-refractivity contribution >= 4 is 96.1 Å². The normalized spacial score (nSPS) is 11.1. The molecule has 0 spiro atoms. The standard InChI is InChI=1S/C24H18O.C21H18Br2O.C18H13FO.2C10H12.2C8H9N.2C7H9.C6H3Cl2N.C5H10.C4H4N.2Mo.W/c25-24-22(19-12-6-2-7-13-19)16-21(18-10-4-1-5-11-18)17-23(24)20-14-8-3-9-15-20;1-12-17(22)10-13-6-2-4-8-15(13)19(12)20-16-9-5-3-7-14(16)11-18(23)21(20)24;19-15-11-16(13-7-3-1-4-8-13)18(20)17(12-15)14-9-5-2-6-10-14;2*1-10(2,3)9-7-5-4-6-8-9;2*1-6-4-3-5-7(2)8(6)9;2*1-6-3-4-7(2)5-6;7-4-2-1-3-5(8)6(4)9;1-5(2,3)4;1-2-4-5-3-1;;;/h1-17,25H;3,5,7,9-11,24H,2,4,6,8H2,1H3;1-12,20H;2*1,4-8H,2-3H3;2*3-5H,1-2H3;2*3-5H,1-2H3;1-3H;1H,2-4H3;1-4H;;;/q;;;;;;;2*-1;;;-1;;;. The number of phenols is 3. The van der Waals surface area contributed by atoms with Crippen molar-refractivity contribution < 1.29 is 73.5 Å². The fraction of sp³-hybridized carbons (Fsp3) is 0.180. The molecule has 19 rings (SSSR count). The number of hydrogen-bond donors (Lipinski definition) is 3. The van der Waals surface area contributed by atoms with Crippen LogP contribution in [0.5, 0.6) is 17.2 Å². The molecule has 143 heavy (non-hydrogen) atoms. The van der Waals surface area contributed by atoms with Crippen LogP contribution in [0.1, 0.15) is 134 Å². The molecule has 7 nitrogen and oxygen atoms in total. The quantitative estimate of drug-likeness (QED) is 0.0788. The van der Waals surface area contributed by atoms with Crippen molar-refractivity contribution in [2.24, 2.45) is 15.9 Å². The van der Waals surface area contributed by atoms with Crippen LogP contribution >= 0.6 is 55.1 Å². The van der Waals surface area contributed by atoms with E-state index in [9.17, 15) is 19.7 Å². The van der Waals surface area contributed by atoms with Crippen molar-refractivity contribution in [3.63, 3.8) is 0 Å². The Hall–Kier alpha value is -11.5. The van der Waals surface area contributed by atoms with Crippen molar-refractivity contribution in [3.05, 3.63) is 486 Å². The van der Waals surface area contributed by atoms with Crippen LogP contribution < -0.4 is 4.98 Å². The molecule has 17 aromatic carbocycles. The molecular weight excluding hydrogens is 2270 g/mol. The molecule has 0 atom stereocenters. The number of aromatic nitrogens is 1. The van der Waals surface area contributed by atoms with E-state index in [1.54, 1.807) is 12.4 Å². The minimum absolute atomic E-state index is 0.101. The first kappa shape index (κ1) is 112. The van der Waals surface area contributed by atoms with Crippen LogP contribution in [0.25, 0.3) is 77.5 Å². The Balaban J connectivity index is 0.000000158. The van der Waals surface area contributed by atoms with Gasteiger partial charge in [-0.1, -0.05) is 232 Å². The third kappa shape index (κ3) is 33.8. The zero-order chi connectivity index (χ0) is 103. The number of rotatable bonds is 13. The maximum Gasteiger partial charge on any atom is 0.131 e. The van der Waals surface area contributed by atoms with Gasteiger partial charge in [0, 0.05) is 32.3 Å². The van der Waals surface area contributed by atoms with Gasteiger partial charge in [0.05, 0.1) is 4.47 Å². The van der Waals surface area contributed by atoms with Crippen LogP contribution in [-0.4, -0.2) is 28.5 Å². The Bertz CT molecular complexity index is 6990. The first-order valence-corrected chi connectivity index (χ1v) is 57.2. The van der Waals surface area contributed by atoms with E-state index < -0.39 is 53.8 Å². The summed E-state index contributed by atoms with van der Waals surface area (Å²) in [5, 5.41) is 35.9. The zero-order valence-corrected chi connectivity index (χ0v) is 95.9. The Morgan fingerprint density at radius 2 is 0.727 bits per heavy atom. The van der Waals surface area contributed by atoms with E-state index in [1.807, 2.05) is 188 Å². The van der Waals surface area contributed by atoms with E-state index in [0.717, 1.165) is 88.3 Å². The number of fused-ring (bicyclic) bond motifs is 2. The topological polar surface area (TPSA) is 112 Å². The molecule has 1 aliphatic carbocycles. The molecule has 1 aliphatic rings. The first-order valence-electron chi connectivity index (χ1n) is 47.8. The fourth-order valence-corrected chi connectivity index (χ4v) is 24.3. The molecule has 18 aromatic rings. The summed E-state index contributed by atoms with van der Waals surface area (Å²) in [5.41, 5.74) is 31.6. The molecule has 0 aliphatic heterocycles. The SMILES string of the molecule is CC(C)(C)[CH]=[W]=[N]c1c(Cl)cccc1Cl.Cc1c(Br)cc2c(c1-c1c(O)c(Br)cc3ccccc13)CCCC2.Cc1ccc(C)[cH-]1.Cc1ccc(C)[cH-]1.Cc1cccc(C)c1[N]=[Mo]=[CH]C(C)(C)c1ccccc1.Cc1cccc(C)c1[N]=[Mo]=[CH]C(C)(C)c1ccccc1.Oc1c(-c2ccccc2)cc(-c2ccccc2)cc1-c1ccccc1.Oc1c(-c2ccccc2)cc(F)cc1-c1ccccc1.c1cc[n-]c1. The Morgan fingerprint density at radius 3 is 1.10 bits per heavy atom. The fourth-order valence-electron chi connectivity index (χ4n) is 15.9. The smallest absolute Gasteiger partial charge is 0.131 e. The van der Waals surface area contributed by atoms with Crippen LogP contribution in [-0.2, 0) is 77.4 Å². The molecular formula is C128H126Br2Cl2FMo2N4O3W-3. The van der Waals surface area contributed by atoms with E-state index in [0.29, 0.717) is 32.7 Å². The average molecular weight is 2390 g/mol. The number of aromatic hydroxyl groups is 3. The maximum atomic E-state index is 13.9. The van der Waals surface area contributed by atoms with Gasteiger partial charge in [0.2, 0.25) is 0 Å². The molecule has 3 N–H and O–H groups in total. The summed E-state index contributed by atoms with van der Waals surface area (Å²) in [7, 11) is 0. The predicted octanol–water partition coefficient (Wildman–Crippen LogP) is 37.6. The van der Waals surface area contributed by atoms with Crippen LogP contribution in [0.2, 0.25) is 10.0 Å². The molecule has 1 aromatic heterocycles. The second-order valence-electron chi connectivity index (χ2n) is 37.4. The summed E-state index contributed by atoms with van der Waals surface area (Å²) in [6, 6.07) is 125. The monoisotopic (exact) mass is 2390 g/mol. The predicted molar refractivity (Wildman–Crippen MR) is 605 cm³/mol. The van der Waals surface area contributed by atoms with Gasteiger partial charge in [0.25, 0.3) is 0 Å². The molecule has 15 heteroatoms. The van der Waals surface area contributed by atoms with Crippen molar-refractivity contribution in [3.8, 4) is 84.0 Å². The molecule has 732 valence electrons. The van der Waals surface area contributed by atoms with Gasteiger partial charge in [0.15, 0.2) is 0 Å². The second kappa shape index (κ2) is 55.5. The molecule has 0 bridgehead atoms. The van der Waals surface area contributed by atoms with E-state index in [-0.39, 0.29) is 27.8 Å². The number of halogens is 5. The second-order valence-corrected chi connectivity index (χ2v) is 45.3. The van der Waals surface area contributed by atoms with Crippen molar-refractivity contribution in [2.75, 3.05) is 0 Å². The van der Waals surface area contributed by atoms with Crippen LogP contribution in [0.4, 0.5) is 21.5 Å². The van der Waals surface area contributed by atoms with Gasteiger partial charge >= 0.3 is 369 Å². The van der Waals surface area contributed by atoms with Gasteiger partial charge in [-0.25, -0.2) is 28.7 Å². The summed E-state index contributed by atoms with van der Waals surface area (Å²) < 4.78 is 37.2. The number of hydrogen-bond acceptors (Lipinski definition) is 6. The van der Waals surface area contributed by atoms with Crippen molar-refractivity contribution in [1.29, 1.82) is 0 Å². The van der Waals surface area contributed by atoms with E-state index >= 15 is 0 Å². The minimum atomic E-state index is -0.850. The Morgan fingerprint density at radius 1 is 0.371 bits per heavy atom. The van der Waals surface area contributed by atoms with E-state index in [4.69, 9.17) is 30.2 Å². The Labute approximate surface area is 898 Å². The molecule has 0 radical (unpaired) electrons. The third-order valence-corrected chi connectivity index (χ3v) is 34.5. The van der Waals surface area contributed by atoms with Gasteiger partial charge in [0.1, 0.15) is 23.1 Å². The molecule has 1 heterocycles. The summed E-state index contributed by atoms with van der Waals surface area (Å²) in [6.45, 7) is 34.7. The largest absolute Gasteiger partial charge is 0.670 e. The molecule has 0 unspecified atom stereocenters. The van der Waals surface area contributed by atoms with Crippen molar-refractivity contribution in [2.45, 2.75) is 147 Å². The maximum absolute atomic E-state index is 13.9. The summed E-state index contributed by atoms with van der Waals surface area (Å²) in [5.74, 6) is 0.393. The van der Waals surface area contributed by atoms with Crippen LogP contribution in [0.3, 0.4) is 0 Å². The van der Waals surface area contributed by atoms with Gasteiger partial charge in [-0.05, 0) is 151 Å². The molecule has 0 saturated carbocycles.